The van der Waals surface area contributed by atoms with Crippen LogP contribution in [0, 0.1) is 11.3 Å². The third-order valence-corrected chi connectivity index (χ3v) is 5.43. The van der Waals surface area contributed by atoms with Crippen molar-refractivity contribution >= 4 is 11.9 Å². The van der Waals surface area contributed by atoms with Crippen LogP contribution in [0.4, 0.5) is 0 Å². The van der Waals surface area contributed by atoms with Gasteiger partial charge in [-0.2, -0.15) is 0 Å². The molecule has 0 aliphatic carbocycles. The minimum absolute atomic E-state index is 0.0821. The molecule has 0 saturated heterocycles. The molecule has 162 valence electrons. The Bertz CT molecular complexity index is 1100. The smallest absolute Gasteiger partial charge is 0.336 e. The molecule has 0 radical (unpaired) electrons. The number of carboxylic acid groups (broad SMARTS) is 1. The zero-order valence-electron chi connectivity index (χ0n) is 18.3. The highest BCUT2D eigenvalue weighted by atomic mass is 16.4. The number of hydrogen-bond acceptors (Lipinski definition) is 6. The Balaban J connectivity index is 1.85. The molecule has 0 spiro atoms. The molecule has 1 unspecified atom stereocenters. The molecule has 9 heteroatoms. The van der Waals surface area contributed by atoms with Gasteiger partial charge in [-0.25, -0.2) is 9.48 Å². The van der Waals surface area contributed by atoms with Gasteiger partial charge in [0, 0.05) is 37.7 Å². The van der Waals surface area contributed by atoms with E-state index in [1.807, 2.05) is 0 Å². The van der Waals surface area contributed by atoms with Gasteiger partial charge in [-0.1, -0.05) is 32.9 Å². The van der Waals surface area contributed by atoms with Gasteiger partial charge in [-0.3, -0.25) is 14.8 Å². The lowest BCUT2D eigenvalue weighted by Gasteiger charge is -2.31. The summed E-state index contributed by atoms with van der Waals surface area (Å²) in [6.07, 6.45) is 7.51. The molecule has 0 bridgehead atoms. The van der Waals surface area contributed by atoms with Crippen LogP contribution >= 0.6 is 0 Å². The zero-order valence-corrected chi connectivity index (χ0v) is 18.3. The average Bonchev–Trinajstić information content (AvgIpc) is 3.22. The lowest BCUT2D eigenvalue weighted by atomic mass is 9.82. The molecule has 3 heterocycles. The number of rotatable bonds is 6. The van der Waals surface area contributed by atoms with Crippen molar-refractivity contribution in [2.75, 3.05) is 13.6 Å². The maximum absolute atomic E-state index is 12.9. The van der Waals surface area contributed by atoms with Gasteiger partial charge < -0.3 is 10.0 Å². The SMILES string of the molecule is CC(CN(C)C(=O)c1cncc(-n2cc(-c3cnccc3C(=O)O)nn2)c1)C(C)(C)C. The Kier molecular flexibility index (Phi) is 6.14. The summed E-state index contributed by atoms with van der Waals surface area (Å²) >= 11 is 0. The molecule has 0 aliphatic rings. The third kappa shape index (κ3) is 4.93. The molecule has 3 aromatic rings. The first kappa shape index (κ1) is 22.1. The minimum atomic E-state index is -1.08. The van der Waals surface area contributed by atoms with Crippen molar-refractivity contribution in [2.24, 2.45) is 11.3 Å². The summed E-state index contributed by atoms with van der Waals surface area (Å²) in [5, 5.41) is 17.5. The third-order valence-electron chi connectivity index (χ3n) is 5.43. The number of carboxylic acids is 1. The lowest BCUT2D eigenvalue weighted by Crippen LogP contribution is -2.35. The topological polar surface area (TPSA) is 114 Å². The van der Waals surface area contributed by atoms with Crippen LogP contribution < -0.4 is 0 Å². The van der Waals surface area contributed by atoms with Crippen LogP contribution in [0.25, 0.3) is 16.9 Å². The summed E-state index contributed by atoms with van der Waals surface area (Å²) in [6.45, 7) is 9.20. The second kappa shape index (κ2) is 8.63. The summed E-state index contributed by atoms with van der Waals surface area (Å²) in [4.78, 5) is 34.2. The number of carbonyl (C=O) groups is 2. The molecule has 0 fully saturated rings. The van der Waals surface area contributed by atoms with Crippen molar-refractivity contribution in [3.8, 4) is 16.9 Å². The van der Waals surface area contributed by atoms with Crippen molar-refractivity contribution in [1.29, 1.82) is 0 Å². The quantitative estimate of drug-likeness (QED) is 0.649. The number of aromatic nitrogens is 5. The van der Waals surface area contributed by atoms with E-state index in [2.05, 4.69) is 48.0 Å². The van der Waals surface area contributed by atoms with Crippen molar-refractivity contribution in [3.05, 3.63) is 54.2 Å². The van der Waals surface area contributed by atoms with Crippen LogP contribution in [-0.2, 0) is 0 Å². The van der Waals surface area contributed by atoms with Crippen molar-refractivity contribution in [2.45, 2.75) is 27.7 Å². The fraction of sp³-hybridized carbons (Fsp3) is 0.364. The summed E-state index contributed by atoms with van der Waals surface area (Å²) in [5.74, 6) is -0.890. The van der Waals surface area contributed by atoms with Gasteiger partial charge >= 0.3 is 5.97 Å². The van der Waals surface area contributed by atoms with E-state index in [1.165, 1.54) is 29.3 Å². The molecule has 1 atom stereocenters. The molecule has 9 nitrogen and oxygen atoms in total. The molecule has 1 amide bonds. The van der Waals surface area contributed by atoms with Crippen molar-refractivity contribution < 1.29 is 14.7 Å². The zero-order chi connectivity index (χ0) is 22.8. The summed E-state index contributed by atoms with van der Waals surface area (Å²) in [6, 6.07) is 3.10. The van der Waals surface area contributed by atoms with E-state index in [-0.39, 0.29) is 16.9 Å². The van der Waals surface area contributed by atoms with Crippen LogP contribution in [0.15, 0.2) is 43.1 Å². The Morgan fingerprint density at radius 2 is 1.94 bits per heavy atom. The normalized spacial score (nSPS) is 12.4. The number of nitrogens with zero attached hydrogens (tertiary/aromatic N) is 6. The van der Waals surface area contributed by atoms with E-state index < -0.39 is 5.97 Å². The van der Waals surface area contributed by atoms with E-state index in [4.69, 9.17) is 0 Å². The first-order valence-electron chi connectivity index (χ1n) is 9.89. The summed E-state index contributed by atoms with van der Waals surface area (Å²) in [7, 11) is 1.78. The van der Waals surface area contributed by atoms with Gasteiger partial charge in [0.15, 0.2) is 0 Å². The van der Waals surface area contributed by atoms with E-state index in [0.717, 1.165) is 0 Å². The molecule has 3 aromatic heterocycles. The second-order valence-corrected chi connectivity index (χ2v) is 8.66. The lowest BCUT2D eigenvalue weighted by molar-refractivity contribution is 0.0695. The van der Waals surface area contributed by atoms with Gasteiger partial charge in [-0.05, 0) is 23.5 Å². The van der Waals surface area contributed by atoms with Gasteiger partial charge in [-0.15, -0.1) is 5.10 Å². The Labute approximate surface area is 180 Å². The molecule has 0 aromatic carbocycles. The highest BCUT2D eigenvalue weighted by molar-refractivity contribution is 5.95. The van der Waals surface area contributed by atoms with Gasteiger partial charge in [0.05, 0.1) is 29.2 Å². The standard InChI is InChI=1S/C22H26N6O3/c1-14(22(2,3)4)12-27(5)20(29)15-8-16(10-24-9-15)28-13-19(25-26-28)18-11-23-7-6-17(18)21(30)31/h6-11,13-14H,12H2,1-5H3,(H,30,31). The Morgan fingerprint density at radius 3 is 2.61 bits per heavy atom. The molecular formula is C22H26N6O3. The largest absolute Gasteiger partial charge is 0.478 e. The Morgan fingerprint density at radius 1 is 1.19 bits per heavy atom. The van der Waals surface area contributed by atoms with Gasteiger partial charge in [0.25, 0.3) is 5.91 Å². The first-order valence-corrected chi connectivity index (χ1v) is 9.89. The van der Waals surface area contributed by atoms with Gasteiger partial charge in [0.1, 0.15) is 5.69 Å². The number of hydrogen-bond donors (Lipinski definition) is 1. The number of carbonyl (C=O) groups excluding carboxylic acids is 1. The van der Waals surface area contributed by atoms with Crippen LogP contribution in [0.5, 0.6) is 0 Å². The number of aromatic carboxylic acids is 1. The van der Waals surface area contributed by atoms with E-state index in [1.54, 1.807) is 30.4 Å². The molecular weight excluding hydrogens is 396 g/mol. The second-order valence-electron chi connectivity index (χ2n) is 8.66. The highest BCUT2D eigenvalue weighted by Crippen LogP contribution is 2.26. The predicted molar refractivity (Wildman–Crippen MR) is 115 cm³/mol. The minimum Gasteiger partial charge on any atom is -0.478 e. The van der Waals surface area contributed by atoms with Crippen LogP contribution in [0.1, 0.15) is 48.4 Å². The van der Waals surface area contributed by atoms with Crippen LogP contribution in [-0.4, -0.2) is 60.4 Å². The average molecular weight is 422 g/mol. The predicted octanol–water partition coefficient (Wildman–Crippen LogP) is 3.18. The monoisotopic (exact) mass is 422 g/mol. The van der Waals surface area contributed by atoms with Crippen LogP contribution in [0.2, 0.25) is 0 Å². The maximum Gasteiger partial charge on any atom is 0.336 e. The Hall–Kier alpha value is -3.62. The maximum atomic E-state index is 12.9. The van der Waals surface area contributed by atoms with E-state index in [9.17, 15) is 14.7 Å². The number of pyridine rings is 2. The molecule has 0 saturated carbocycles. The molecule has 0 aliphatic heterocycles. The van der Waals surface area contributed by atoms with E-state index in [0.29, 0.717) is 35.0 Å². The number of amides is 1. The summed E-state index contributed by atoms with van der Waals surface area (Å²) < 4.78 is 1.45. The van der Waals surface area contributed by atoms with Gasteiger partial charge in [0.2, 0.25) is 0 Å². The fourth-order valence-electron chi connectivity index (χ4n) is 2.96. The van der Waals surface area contributed by atoms with Crippen molar-refractivity contribution in [1.82, 2.24) is 29.9 Å². The fourth-order valence-corrected chi connectivity index (χ4v) is 2.96. The highest BCUT2D eigenvalue weighted by Gasteiger charge is 2.24. The molecule has 3 rings (SSSR count). The van der Waals surface area contributed by atoms with Crippen molar-refractivity contribution in [3.63, 3.8) is 0 Å². The molecule has 1 N–H and O–H groups in total. The van der Waals surface area contributed by atoms with Crippen LogP contribution in [0.3, 0.4) is 0 Å². The first-order chi connectivity index (χ1) is 14.6. The van der Waals surface area contributed by atoms with E-state index >= 15 is 0 Å². The summed E-state index contributed by atoms with van der Waals surface area (Å²) in [5.41, 5.74) is 1.87. The molecule has 31 heavy (non-hydrogen) atoms.